The highest BCUT2D eigenvalue weighted by atomic mass is 14.3. The lowest BCUT2D eigenvalue weighted by Gasteiger charge is -2.32. The smallest absolute Gasteiger partial charge is 0.0132 e. The van der Waals surface area contributed by atoms with Gasteiger partial charge in [-0.25, -0.2) is 0 Å². The number of hydrogen-bond acceptors (Lipinski definition) is 0. The first-order valence-electron chi connectivity index (χ1n) is 8.50. The zero-order valence-electron chi connectivity index (χ0n) is 15.7. The van der Waals surface area contributed by atoms with Crippen LogP contribution in [0.25, 0.3) is 5.57 Å². The molecule has 22 heavy (non-hydrogen) atoms. The second-order valence-electron chi connectivity index (χ2n) is 8.96. The Morgan fingerprint density at radius 3 is 2.14 bits per heavy atom. The van der Waals surface area contributed by atoms with Crippen molar-refractivity contribution in [3.8, 4) is 0 Å². The van der Waals surface area contributed by atoms with Crippen LogP contribution in [0.2, 0.25) is 0 Å². The number of allylic oxidation sites excluding steroid dienone is 4. The maximum atomic E-state index is 2.52. The molecule has 1 aliphatic carbocycles. The summed E-state index contributed by atoms with van der Waals surface area (Å²) in [7, 11) is 0. The summed E-state index contributed by atoms with van der Waals surface area (Å²) in [6.45, 7) is 18.4. The van der Waals surface area contributed by atoms with Crippen molar-refractivity contribution in [2.75, 3.05) is 0 Å². The highest BCUT2D eigenvalue weighted by Crippen LogP contribution is 2.40. The lowest BCUT2D eigenvalue weighted by molar-refractivity contribution is 0.294. The van der Waals surface area contributed by atoms with Crippen LogP contribution in [-0.2, 0) is 5.41 Å². The summed E-state index contributed by atoms with van der Waals surface area (Å²) in [6.07, 6.45) is 6.11. The Balaban J connectivity index is 2.54. The Labute approximate surface area is 137 Å². The molecule has 1 aliphatic rings. The van der Waals surface area contributed by atoms with Gasteiger partial charge in [0.1, 0.15) is 0 Å². The van der Waals surface area contributed by atoms with Crippen LogP contribution in [0.15, 0.2) is 35.9 Å². The molecule has 120 valence electrons. The van der Waals surface area contributed by atoms with Gasteiger partial charge in [-0.05, 0) is 64.9 Å². The fourth-order valence-corrected chi connectivity index (χ4v) is 3.10. The predicted octanol–water partition coefficient (Wildman–Crippen LogP) is 6.69. The predicted molar refractivity (Wildman–Crippen MR) is 99.2 cm³/mol. The first-order chi connectivity index (χ1) is 10.00. The Morgan fingerprint density at radius 1 is 0.955 bits per heavy atom. The third-order valence-corrected chi connectivity index (χ3v) is 4.98. The third-order valence-electron chi connectivity index (χ3n) is 4.98. The Bertz CT molecular complexity index is 612. The molecule has 0 heteroatoms. The van der Waals surface area contributed by atoms with E-state index in [0.717, 1.165) is 6.42 Å². The average Bonchev–Trinajstić information content (AvgIpc) is 2.37. The summed E-state index contributed by atoms with van der Waals surface area (Å²) in [4.78, 5) is 0. The normalized spacial score (nSPS) is 19.7. The Kier molecular flexibility index (Phi) is 4.44. The van der Waals surface area contributed by atoms with Crippen LogP contribution in [0.5, 0.6) is 0 Å². The molecule has 0 spiro atoms. The van der Waals surface area contributed by atoms with Gasteiger partial charge in [0, 0.05) is 0 Å². The fourth-order valence-electron chi connectivity index (χ4n) is 3.10. The van der Waals surface area contributed by atoms with Gasteiger partial charge >= 0.3 is 0 Å². The van der Waals surface area contributed by atoms with Crippen LogP contribution in [0.1, 0.15) is 71.6 Å². The molecule has 0 fully saturated rings. The minimum atomic E-state index is 0.193. The van der Waals surface area contributed by atoms with E-state index in [1.807, 2.05) is 0 Å². The van der Waals surface area contributed by atoms with E-state index in [4.69, 9.17) is 0 Å². The molecule has 0 saturated heterocycles. The van der Waals surface area contributed by atoms with Gasteiger partial charge in [-0.1, -0.05) is 71.9 Å². The molecule has 0 heterocycles. The minimum Gasteiger partial charge on any atom is -0.0804 e. The van der Waals surface area contributed by atoms with Gasteiger partial charge in [0.05, 0.1) is 0 Å². The summed E-state index contributed by atoms with van der Waals surface area (Å²) in [5, 5.41) is 0. The molecule has 0 nitrogen and oxygen atoms in total. The van der Waals surface area contributed by atoms with E-state index in [1.165, 1.54) is 27.8 Å². The molecule has 0 bridgehead atoms. The van der Waals surface area contributed by atoms with Gasteiger partial charge in [0.2, 0.25) is 0 Å². The van der Waals surface area contributed by atoms with E-state index < -0.39 is 0 Å². The lowest BCUT2D eigenvalue weighted by atomic mass is 9.73. The van der Waals surface area contributed by atoms with Crippen molar-refractivity contribution in [1.82, 2.24) is 0 Å². The average molecular weight is 296 g/mol. The number of benzene rings is 1. The molecule has 0 aliphatic heterocycles. The van der Waals surface area contributed by atoms with Gasteiger partial charge in [-0.15, -0.1) is 0 Å². The van der Waals surface area contributed by atoms with Crippen molar-refractivity contribution >= 4 is 5.57 Å². The topological polar surface area (TPSA) is 0 Å². The van der Waals surface area contributed by atoms with Crippen LogP contribution in [0, 0.1) is 18.3 Å². The van der Waals surface area contributed by atoms with E-state index >= 15 is 0 Å². The Morgan fingerprint density at radius 2 is 1.59 bits per heavy atom. The van der Waals surface area contributed by atoms with Gasteiger partial charge in [0.15, 0.2) is 0 Å². The van der Waals surface area contributed by atoms with E-state index in [2.05, 4.69) is 85.7 Å². The van der Waals surface area contributed by atoms with Crippen molar-refractivity contribution in [2.24, 2.45) is 11.3 Å². The second-order valence-corrected chi connectivity index (χ2v) is 8.96. The second kappa shape index (κ2) is 5.72. The molecular formula is C22H32. The van der Waals surface area contributed by atoms with Crippen molar-refractivity contribution in [3.63, 3.8) is 0 Å². The lowest BCUT2D eigenvalue weighted by Crippen LogP contribution is -2.20. The molecule has 1 aromatic rings. The first-order valence-corrected chi connectivity index (χ1v) is 8.50. The molecular weight excluding hydrogens is 264 g/mol. The summed E-state index contributed by atoms with van der Waals surface area (Å²) >= 11 is 0. The Hall–Kier alpha value is -1.30. The van der Waals surface area contributed by atoms with Crippen molar-refractivity contribution in [1.29, 1.82) is 0 Å². The molecule has 0 radical (unpaired) electrons. The van der Waals surface area contributed by atoms with Gasteiger partial charge in [0.25, 0.3) is 0 Å². The summed E-state index contributed by atoms with van der Waals surface area (Å²) in [6, 6.07) is 6.97. The van der Waals surface area contributed by atoms with Crippen molar-refractivity contribution < 1.29 is 0 Å². The van der Waals surface area contributed by atoms with Gasteiger partial charge < -0.3 is 0 Å². The quantitative estimate of drug-likeness (QED) is 0.541. The molecule has 1 aromatic carbocycles. The third kappa shape index (κ3) is 3.54. The van der Waals surface area contributed by atoms with Crippen LogP contribution in [0.3, 0.4) is 0 Å². The monoisotopic (exact) mass is 296 g/mol. The zero-order valence-corrected chi connectivity index (χ0v) is 15.7. The van der Waals surface area contributed by atoms with E-state index in [0.29, 0.717) is 11.3 Å². The fraction of sp³-hybridized carbons (Fsp3) is 0.545. The van der Waals surface area contributed by atoms with E-state index in [-0.39, 0.29) is 5.41 Å². The van der Waals surface area contributed by atoms with Crippen LogP contribution < -0.4 is 0 Å². The molecule has 0 aromatic heterocycles. The molecule has 1 atom stereocenters. The minimum absolute atomic E-state index is 0.193. The van der Waals surface area contributed by atoms with E-state index in [1.54, 1.807) is 0 Å². The molecule has 0 saturated carbocycles. The van der Waals surface area contributed by atoms with Gasteiger partial charge in [-0.3, -0.25) is 0 Å². The standard InChI is InChI=1S/C22H32/c1-15-9-11-17(21(3,4)5)13-19(15)20-14-18(22(6,7)8)12-10-16(20)2/h9-11,13-14,18H,12H2,1-8H3. The maximum Gasteiger partial charge on any atom is -0.0132 e. The van der Waals surface area contributed by atoms with Gasteiger partial charge in [-0.2, -0.15) is 0 Å². The van der Waals surface area contributed by atoms with Crippen LogP contribution in [0.4, 0.5) is 0 Å². The number of aryl methyl sites for hydroxylation is 1. The summed E-state index contributed by atoms with van der Waals surface area (Å²) in [5.41, 5.74) is 7.58. The maximum absolute atomic E-state index is 2.52. The molecule has 0 amide bonds. The molecule has 1 unspecified atom stereocenters. The van der Waals surface area contributed by atoms with Crippen molar-refractivity contribution in [2.45, 2.75) is 67.2 Å². The van der Waals surface area contributed by atoms with E-state index in [9.17, 15) is 0 Å². The summed E-state index contributed by atoms with van der Waals surface area (Å²) in [5.74, 6) is 0.615. The zero-order chi connectivity index (χ0) is 16.7. The van der Waals surface area contributed by atoms with Crippen LogP contribution >= 0.6 is 0 Å². The largest absolute Gasteiger partial charge is 0.0804 e. The SMILES string of the molecule is CC1=CCC(C(C)(C)C)C=C1c1cc(C(C)(C)C)ccc1C. The molecule has 2 rings (SSSR count). The van der Waals surface area contributed by atoms with Crippen LogP contribution in [-0.4, -0.2) is 0 Å². The first kappa shape index (κ1) is 17.1. The number of hydrogen-bond donors (Lipinski definition) is 0. The van der Waals surface area contributed by atoms with Crippen molar-refractivity contribution in [3.05, 3.63) is 52.6 Å². The highest BCUT2D eigenvalue weighted by molar-refractivity contribution is 5.81. The summed E-state index contributed by atoms with van der Waals surface area (Å²) < 4.78 is 0. The number of rotatable bonds is 1. The molecule has 0 N–H and O–H groups in total. The highest BCUT2D eigenvalue weighted by Gasteiger charge is 2.26.